The Bertz CT molecular complexity index is 1230. The maximum Gasteiger partial charge on any atom is 0.416 e. The van der Waals surface area contributed by atoms with Crippen LogP contribution in [-0.2, 0) is 12.7 Å². The predicted molar refractivity (Wildman–Crippen MR) is 107 cm³/mol. The van der Waals surface area contributed by atoms with E-state index in [1.807, 2.05) is 0 Å². The zero-order valence-electron chi connectivity index (χ0n) is 17.3. The van der Waals surface area contributed by atoms with Crippen molar-refractivity contribution in [2.75, 3.05) is 0 Å². The van der Waals surface area contributed by atoms with Crippen molar-refractivity contribution in [1.29, 1.82) is 0 Å². The summed E-state index contributed by atoms with van der Waals surface area (Å²) in [7, 11) is 0. The molecular formula is C22H18F6N2O3. The van der Waals surface area contributed by atoms with Crippen LogP contribution >= 0.6 is 0 Å². The zero-order valence-corrected chi connectivity index (χ0v) is 17.3. The highest BCUT2D eigenvalue weighted by molar-refractivity contribution is 6.01. The SMILES string of the molecule is CCn1c(C(=O)NC(c2cccc(C(F)(F)F)c2)C(F)(F)F)cc2cc(C(=O)O)c(C)cc21. The molecule has 2 aromatic carbocycles. The predicted octanol–water partition coefficient (Wildman–Crippen LogP) is 5.72. The van der Waals surface area contributed by atoms with E-state index < -0.39 is 41.4 Å². The topological polar surface area (TPSA) is 71.3 Å². The highest BCUT2D eigenvalue weighted by atomic mass is 19.4. The number of carbonyl (C=O) groups excluding carboxylic acids is 1. The lowest BCUT2D eigenvalue weighted by molar-refractivity contribution is -0.156. The van der Waals surface area contributed by atoms with E-state index >= 15 is 0 Å². The molecule has 0 aliphatic heterocycles. The van der Waals surface area contributed by atoms with Gasteiger partial charge in [0.25, 0.3) is 5.91 Å². The third-order valence-corrected chi connectivity index (χ3v) is 5.18. The molecule has 0 aliphatic carbocycles. The zero-order chi connectivity index (χ0) is 24.7. The van der Waals surface area contributed by atoms with Crippen molar-refractivity contribution >= 4 is 22.8 Å². The molecule has 0 spiro atoms. The van der Waals surface area contributed by atoms with E-state index in [2.05, 4.69) is 0 Å². The van der Waals surface area contributed by atoms with Crippen molar-refractivity contribution < 1.29 is 41.0 Å². The van der Waals surface area contributed by atoms with Gasteiger partial charge in [0.15, 0.2) is 6.04 Å². The molecule has 33 heavy (non-hydrogen) atoms. The normalized spacial score (nSPS) is 13.2. The Morgan fingerprint density at radius 3 is 2.27 bits per heavy atom. The quantitative estimate of drug-likeness (QED) is 0.467. The van der Waals surface area contributed by atoms with Crippen molar-refractivity contribution in [3.8, 4) is 0 Å². The molecule has 11 heteroatoms. The van der Waals surface area contributed by atoms with Crippen molar-refractivity contribution in [2.45, 2.75) is 38.8 Å². The first kappa shape index (κ1) is 24.1. The summed E-state index contributed by atoms with van der Waals surface area (Å²) in [6.45, 7) is 3.37. The average Bonchev–Trinajstić information content (AvgIpc) is 3.07. The Hall–Kier alpha value is -3.50. The molecule has 1 atom stereocenters. The van der Waals surface area contributed by atoms with E-state index in [1.165, 1.54) is 22.8 Å². The molecule has 5 nitrogen and oxygen atoms in total. The number of halogens is 6. The van der Waals surface area contributed by atoms with E-state index in [4.69, 9.17) is 0 Å². The van der Waals surface area contributed by atoms with Crippen LogP contribution in [0.15, 0.2) is 42.5 Å². The number of hydrogen-bond donors (Lipinski definition) is 2. The highest BCUT2D eigenvalue weighted by Gasteiger charge is 2.43. The molecule has 0 saturated heterocycles. The van der Waals surface area contributed by atoms with Crippen molar-refractivity contribution in [3.05, 3.63) is 70.4 Å². The number of aryl methyl sites for hydroxylation is 2. The fourth-order valence-electron chi connectivity index (χ4n) is 3.63. The van der Waals surface area contributed by atoms with Gasteiger partial charge in [-0.25, -0.2) is 4.79 Å². The van der Waals surface area contributed by atoms with Crippen LogP contribution in [0.5, 0.6) is 0 Å². The first-order chi connectivity index (χ1) is 15.2. The highest BCUT2D eigenvalue weighted by Crippen LogP contribution is 2.36. The number of benzene rings is 2. The molecule has 1 aromatic heterocycles. The Balaban J connectivity index is 2.05. The number of carboxylic acid groups (broad SMARTS) is 1. The van der Waals surface area contributed by atoms with Gasteiger partial charge < -0.3 is 15.0 Å². The summed E-state index contributed by atoms with van der Waals surface area (Å²) in [5.74, 6) is -2.37. The number of fused-ring (bicyclic) bond motifs is 1. The maximum absolute atomic E-state index is 13.7. The fraction of sp³-hybridized carbons (Fsp3) is 0.273. The van der Waals surface area contributed by atoms with Crippen molar-refractivity contribution in [1.82, 2.24) is 9.88 Å². The lowest BCUT2D eigenvalue weighted by atomic mass is 10.0. The van der Waals surface area contributed by atoms with Crippen molar-refractivity contribution in [3.63, 3.8) is 0 Å². The van der Waals surface area contributed by atoms with Crippen LogP contribution in [0.4, 0.5) is 26.3 Å². The standard InChI is InChI=1S/C22H18F6N2O3/c1-3-30-16-7-11(2)15(20(32)33)9-13(16)10-17(30)19(31)29-18(22(26,27)28)12-5-4-6-14(8-12)21(23,24)25/h4-10,18H,3H2,1-2H3,(H,29,31)(H,32,33). The number of nitrogens with one attached hydrogen (secondary N) is 1. The Kier molecular flexibility index (Phi) is 6.18. The summed E-state index contributed by atoms with van der Waals surface area (Å²) in [5.41, 5.74) is -1.42. The number of alkyl halides is 6. The molecule has 0 aliphatic rings. The van der Waals surface area contributed by atoms with Crippen LogP contribution < -0.4 is 5.32 Å². The monoisotopic (exact) mass is 472 g/mol. The summed E-state index contributed by atoms with van der Waals surface area (Å²) in [5, 5.41) is 11.4. The third kappa shape index (κ3) is 4.81. The molecule has 3 rings (SSSR count). The van der Waals surface area contributed by atoms with E-state index in [9.17, 15) is 41.0 Å². The largest absolute Gasteiger partial charge is 0.478 e. The van der Waals surface area contributed by atoms with Gasteiger partial charge in [0.05, 0.1) is 11.1 Å². The minimum atomic E-state index is -5.07. The van der Waals surface area contributed by atoms with E-state index in [0.29, 0.717) is 28.6 Å². The molecule has 0 bridgehead atoms. The first-order valence-electron chi connectivity index (χ1n) is 9.66. The van der Waals surface area contributed by atoms with E-state index in [1.54, 1.807) is 19.2 Å². The minimum Gasteiger partial charge on any atom is -0.478 e. The van der Waals surface area contributed by atoms with Gasteiger partial charge in [-0.05, 0) is 55.3 Å². The molecule has 0 radical (unpaired) electrons. The van der Waals surface area contributed by atoms with Crippen LogP contribution in [0.3, 0.4) is 0 Å². The number of rotatable bonds is 5. The van der Waals surface area contributed by atoms with Gasteiger partial charge in [-0.1, -0.05) is 12.1 Å². The van der Waals surface area contributed by atoms with Gasteiger partial charge in [-0.15, -0.1) is 0 Å². The smallest absolute Gasteiger partial charge is 0.416 e. The van der Waals surface area contributed by atoms with Crippen LogP contribution in [-0.4, -0.2) is 27.7 Å². The Morgan fingerprint density at radius 1 is 1.06 bits per heavy atom. The van der Waals surface area contributed by atoms with Gasteiger partial charge in [-0.2, -0.15) is 26.3 Å². The number of nitrogens with zero attached hydrogens (tertiary/aromatic N) is 1. The van der Waals surface area contributed by atoms with E-state index in [-0.39, 0.29) is 17.8 Å². The second-order valence-electron chi connectivity index (χ2n) is 7.38. The number of amides is 1. The summed E-state index contributed by atoms with van der Waals surface area (Å²) in [6.07, 6.45) is -9.93. The van der Waals surface area contributed by atoms with Crippen LogP contribution in [0.25, 0.3) is 10.9 Å². The summed E-state index contributed by atoms with van der Waals surface area (Å²) < 4.78 is 81.5. The minimum absolute atomic E-state index is 0.0279. The molecule has 3 aromatic rings. The third-order valence-electron chi connectivity index (χ3n) is 5.18. The second-order valence-corrected chi connectivity index (χ2v) is 7.38. The van der Waals surface area contributed by atoms with Crippen LogP contribution in [0.2, 0.25) is 0 Å². The van der Waals surface area contributed by atoms with Gasteiger partial charge >= 0.3 is 18.3 Å². The summed E-state index contributed by atoms with van der Waals surface area (Å²) in [4.78, 5) is 24.2. The van der Waals surface area contributed by atoms with Crippen molar-refractivity contribution in [2.24, 2.45) is 0 Å². The van der Waals surface area contributed by atoms with Gasteiger partial charge in [0.2, 0.25) is 0 Å². The van der Waals surface area contributed by atoms with Gasteiger partial charge in [0.1, 0.15) is 5.69 Å². The first-order valence-corrected chi connectivity index (χ1v) is 9.66. The number of carbonyl (C=O) groups is 2. The van der Waals surface area contributed by atoms with Crippen LogP contribution in [0, 0.1) is 6.92 Å². The van der Waals surface area contributed by atoms with Gasteiger partial charge in [-0.3, -0.25) is 4.79 Å². The van der Waals surface area contributed by atoms with E-state index in [0.717, 1.165) is 12.1 Å². The average molecular weight is 472 g/mol. The fourth-order valence-corrected chi connectivity index (χ4v) is 3.63. The Labute approximate surface area is 183 Å². The number of aromatic nitrogens is 1. The maximum atomic E-state index is 13.7. The molecule has 176 valence electrons. The molecule has 1 amide bonds. The molecule has 0 fully saturated rings. The lowest BCUT2D eigenvalue weighted by Gasteiger charge is -2.23. The molecule has 1 heterocycles. The summed E-state index contributed by atoms with van der Waals surface area (Å²) >= 11 is 0. The molecule has 2 N–H and O–H groups in total. The number of aromatic carboxylic acids is 1. The van der Waals surface area contributed by atoms with Gasteiger partial charge in [0, 0.05) is 17.4 Å². The lowest BCUT2D eigenvalue weighted by Crippen LogP contribution is -2.39. The molecular weight excluding hydrogens is 454 g/mol. The number of carboxylic acids is 1. The number of hydrogen-bond acceptors (Lipinski definition) is 2. The molecule has 0 saturated carbocycles. The molecule has 1 unspecified atom stereocenters. The Morgan fingerprint density at radius 2 is 1.73 bits per heavy atom. The summed E-state index contributed by atoms with van der Waals surface area (Å²) in [6, 6.07) is 4.05. The van der Waals surface area contributed by atoms with Crippen LogP contribution in [0.1, 0.15) is 50.5 Å². The second kappa shape index (κ2) is 8.45.